The highest BCUT2D eigenvalue weighted by molar-refractivity contribution is 7.90. The van der Waals surface area contributed by atoms with Gasteiger partial charge in [-0.3, -0.25) is 9.52 Å². The molecule has 0 aliphatic rings. The van der Waals surface area contributed by atoms with Crippen LogP contribution in [0.2, 0.25) is 0 Å². The zero-order chi connectivity index (χ0) is 11.4. The van der Waals surface area contributed by atoms with Gasteiger partial charge in [0.25, 0.3) is 0 Å². The maximum Gasteiger partial charge on any atom is 0.239 e. The summed E-state index contributed by atoms with van der Waals surface area (Å²) in [5.74, 6) is -0.980. The second-order valence-electron chi connectivity index (χ2n) is 3.71. The van der Waals surface area contributed by atoms with Crippen LogP contribution in [0.15, 0.2) is 0 Å². The van der Waals surface area contributed by atoms with E-state index in [-0.39, 0.29) is 0 Å². The van der Waals surface area contributed by atoms with Crippen molar-refractivity contribution in [2.24, 2.45) is 5.41 Å². The highest BCUT2D eigenvalue weighted by atomic mass is 32.2. The Morgan fingerprint density at radius 1 is 1.43 bits per heavy atom. The molecule has 5 nitrogen and oxygen atoms in total. The molecule has 0 aromatic carbocycles. The highest BCUT2D eigenvalue weighted by Crippen LogP contribution is 2.19. The minimum Gasteiger partial charge on any atom is -0.395 e. The fourth-order valence-corrected chi connectivity index (χ4v) is 1.51. The maximum absolute atomic E-state index is 11.4. The van der Waals surface area contributed by atoms with Crippen molar-refractivity contribution >= 4 is 15.9 Å². The van der Waals surface area contributed by atoms with Crippen molar-refractivity contribution in [1.82, 2.24) is 4.72 Å². The predicted octanol–water partition coefficient (Wildman–Crippen LogP) is -0.139. The van der Waals surface area contributed by atoms with E-state index >= 15 is 0 Å². The van der Waals surface area contributed by atoms with Crippen LogP contribution in [0.5, 0.6) is 0 Å². The molecule has 0 saturated heterocycles. The Morgan fingerprint density at radius 3 is 2.29 bits per heavy atom. The lowest BCUT2D eigenvalue weighted by molar-refractivity contribution is -0.127. The highest BCUT2D eigenvalue weighted by Gasteiger charge is 2.28. The SMILES string of the molecule is CCC(C)(C)C(=O)NS(=O)(=O)CCO. The van der Waals surface area contributed by atoms with E-state index in [2.05, 4.69) is 0 Å². The molecule has 2 N–H and O–H groups in total. The Hall–Kier alpha value is -0.620. The molecule has 0 heterocycles. The number of aliphatic hydroxyl groups is 1. The minimum absolute atomic E-state index is 0.446. The molecule has 1 amide bonds. The number of carbonyl (C=O) groups is 1. The third kappa shape index (κ3) is 4.06. The summed E-state index contributed by atoms with van der Waals surface area (Å²) < 4.78 is 24.1. The lowest BCUT2D eigenvalue weighted by Gasteiger charge is -2.20. The standard InChI is InChI=1S/C8H17NO4S/c1-4-8(2,3)7(11)9-14(12,13)6-5-10/h10H,4-6H2,1-3H3,(H,9,11). The first-order chi connectivity index (χ1) is 6.25. The van der Waals surface area contributed by atoms with Crippen LogP contribution in [-0.4, -0.2) is 31.8 Å². The molecule has 0 bridgehead atoms. The summed E-state index contributed by atoms with van der Waals surface area (Å²) in [4.78, 5) is 11.4. The van der Waals surface area contributed by atoms with Gasteiger partial charge in [-0.1, -0.05) is 20.8 Å². The van der Waals surface area contributed by atoms with Crippen LogP contribution in [0.3, 0.4) is 0 Å². The first kappa shape index (κ1) is 13.4. The molecule has 0 spiro atoms. The zero-order valence-corrected chi connectivity index (χ0v) is 9.52. The third-order valence-corrected chi connectivity index (χ3v) is 3.32. The number of hydrogen-bond acceptors (Lipinski definition) is 4. The van der Waals surface area contributed by atoms with E-state index in [9.17, 15) is 13.2 Å². The molecule has 0 saturated carbocycles. The monoisotopic (exact) mass is 223 g/mol. The van der Waals surface area contributed by atoms with Gasteiger partial charge in [0.2, 0.25) is 15.9 Å². The molecule has 0 atom stereocenters. The summed E-state index contributed by atoms with van der Waals surface area (Å²) in [7, 11) is -3.67. The summed E-state index contributed by atoms with van der Waals surface area (Å²) in [5.41, 5.74) is -0.706. The number of sulfonamides is 1. The topological polar surface area (TPSA) is 83.5 Å². The minimum atomic E-state index is -3.67. The van der Waals surface area contributed by atoms with Gasteiger partial charge in [-0.05, 0) is 6.42 Å². The number of rotatable bonds is 5. The van der Waals surface area contributed by atoms with Gasteiger partial charge in [0.15, 0.2) is 0 Å². The maximum atomic E-state index is 11.4. The Labute approximate surface area is 84.6 Å². The lowest BCUT2D eigenvalue weighted by atomic mass is 9.90. The van der Waals surface area contributed by atoms with Gasteiger partial charge in [0.05, 0.1) is 12.4 Å². The van der Waals surface area contributed by atoms with E-state index in [0.29, 0.717) is 6.42 Å². The molecule has 0 aliphatic heterocycles. The summed E-state index contributed by atoms with van der Waals surface area (Å²) in [5, 5.41) is 8.44. The molecule has 0 radical (unpaired) electrons. The molecule has 0 aromatic heterocycles. The summed E-state index contributed by atoms with van der Waals surface area (Å²) in [6, 6.07) is 0. The van der Waals surface area contributed by atoms with Crippen LogP contribution in [0.4, 0.5) is 0 Å². The van der Waals surface area contributed by atoms with E-state index in [4.69, 9.17) is 5.11 Å². The Balaban J connectivity index is 4.48. The van der Waals surface area contributed by atoms with E-state index in [1.54, 1.807) is 20.8 Å². The molecule has 0 aromatic rings. The normalized spacial score (nSPS) is 12.6. The van der Waals surface area contributed by atoms with Gasteiger partial charge in [0.1, 0.15) is 0 Å². The van der Waals surface area contributed by atoms with Crippen molar-refractivity contribution in [2.45, 2.75) is 27.2 Å². The zero-order valence-electron chi connectivity index (χ0n) is 8.70. The molecule has 6 heteroatoms. The molecule has 14 heavy (non-hydrogen) atoms. The van der Waals surface area contributed by atoms with E-state index in [1.807, 2.05) is 4.72 Å². The molecule has 0 aliphatic carbocycles. The van der Waals surface area contributed by atoms with Crippen molar-refractivity contribution < 1.29 is 18.3 Å². The molecule has 0 fully saturated rings. The van der Waals surface area contributed by atoms with Gasteiger partial charge < -0.3 is 5.11 Å². The van der Waals surface area contributed by atoms with Gasteiger partial charge >= 0.3 is 0 Å². The Bertz CT molecular complexity index is 294. The average molecular weight is 223 g/mol. The molecule has 0 rings (SSSR count). The van der Waals surface area contributed by atoms with Gasteiger partial charge in [0, 0.05) is 5.41 Å². The van der Waals surface area contributed by atoms with Crippen LogP contribution in [0, 0.1) is 5.41 Å². The van der Waals surface area contributed by atoms with Crippen LogP contribution < -0.4 is 4.72 Å². The van der Waals surface area contributed by atoms with Crippen molar-refractivity contribution in [3.8, 4) is 0 Å². The van der Waals surface area contributed by atoms with Crippen LogP contribution in [0.25, 0.3) is 0 Å². The number of carbonyl (C=O) groups excluding carboxylic acids is 1. The molecular formula is C8H17NO4S. The second kappa shape index (κ2) is 4.75. The number of amides is 1. The molecule has 0 unspecified atom stereocenters. The largest absolute Gasteiger partial charge is 0.395 e. The van der Waals surface area contributed by atoms with Crippen molar-refractivity contribution in [1.29, 1.82) is 0 Å². The fraction of sp³-hybridized carbons (Fsp3) is 0.875. The summed E-state index contributed by atoms with van der Waals surface area (Å²) >= 11 is 0. The van der Waals surface area contributed by atoms with E-state index < -0.39 is 33.7 Å². The van der Waals surface area contributed by atoms with Crippen molar-refractivity contribution in [3.05, 3.63) is 0 Å². The number of hydrogen-bond donors (Lipinski definition) is 2. The van der Waals surface area contributed by atoms with Crippen LogP contribution >= 0.6 is 0 Å². The fourth-order valence-electron chi connectivity index (χ4n) is 0.611. The Morgan fingerprint density at radius 2 is 1.93 bits per heavy atom. The third-order valence-electron chi connectivity index (χ3n) is 2.11. The van der Waals surface area contributed by atoms with E-state index in [1.165, 1.54) is 0 Å². The first-order valence-electron chi connectivity index (χ1n) is 4.41. The van der Waals surface area contributed by atoms with Crippen LogP contribution in [-0.2, 0) is 14.8 Å². The van der Waals surface area contributed by atoms with Gasteiger partial charge in [-0.25, -0.2) is 8.42 Å². The van der Waals surface area contributed by atoms with E-state index in [0.717, 1.165) is 0 Å². The predicted molar refractivity (Wildman–Crippen MR) is 53.1 cm³/mol. The molecular weight excluding hydrogens is 206 g/mol. The van der Waals surface area contributed by atoms with Gasteiger partial charge in [-0.15, -0.1) is 0 Å². The smallest absolute Gasteiger partial charge is 0.239 e. The quantitative estimate of drug-likeness (QED) is 0.679. The van der Waals surface area contributed by atoms with Crippen molar-refractivity contribution in [3.63, 3.8) is 0 Å². The first-order valence-corrected chi connectivity index (χ1v) is 6.06. The summed E-state index contributed by atoms with van der Waals surface area (Å²) in [6.07, 6.45) is 0.549. The van der Waals surface area contributed by atoms with Crippen LogP contribution in [0.1, 0.15) is 27.2 Å². The number of aliphatic hydroxyl groups excluding tert-OH is 1. The summed E-state index contributed by atoms with van der Waals surface area (Å²) in [6.45, 7) is 4.64. The Kier molecular flexibility index (Phi) is 4.54. The number of nitrogens with one attached hydrogen (secondary N) is 1. The average Bonchev–Trinajstić information content (AvgIpc) is 2.03. The lowest BCUT2D eigenvalue weighted by Crippen LogP contribution is -2.41. The van der Waals surface area contributed by atoms with Crippen molar-refractivity contribution in [2.75, 3.05) is 12.4 Å². The molecule has 84 valence electrons. The second-order valence-corrected chi connectivity index (χ2v) is 5.55. The van der Waals surface area contributed by atoms with Gasteiger partial charge in [-0.2, -0.15) is 0 Å².